The minimum absolute atomic E-state index is 0.261. The van der Waals surface area contributed by atoms with E-state index in [1.807, 2.05) is 24.3 Å². The topological polar surface area (TPSA) is 63.2 Å². The SMILES string of the molecule is COc1ccccc1CCNC(=O)Nc1cccnc1Cl. The first-order valence-corrected chi connectivity index (χ1v) is 6.86. The fraction of sp³-hybridized carbons (Fsp3) is 0.200. The third kappa shape index (κ3) is 4.36. The quantitative estimate of drug-likeness (QED) is 0.834. The Labute approximate surface area is 128 Å². The Bertz CT molecular complexity index is 619. The van der Waals surface area contributed by atoms with Crippen LogP contribution in [0.1, 0.15) is 5.56 Å². The van der Waals surface area contributed by atoms with E-state index in [1.165, 1.54) is 0 Å². The number of nitrogens with one attached hydrogen (secondary N) is 2. The predicted molar refractivity (Wildman–Crippen MR) is 83.0 cm³/mol. The molecule has 0 saturated heterocycles. The molecule has 21 heavy (non-hydrogen) atoms. The number of hydrogen-bond acceptors (Lipinski definition) is 3. The van der Waals surface area contributed by atoms with Gasteiger partial charge in [-0.1, -0.05) is 29.8 Å². The molecule has 5 nitrogen and oxygen atoms in total. The highest BCUT2D eigenvalue weighted by Crippen LogP contribution is 2.18. The molecule has 0 unspecified atom stereocenters. The van der Waals surface area contributed by atoms with Crippen LogP contribution in [-0.4, -0.2) is 24.7 Å². The number of urea groups is 1. The normalized spacial score (nSPS) is 10.0. The Morgan fingerprint density at radius 3 is 2.86 bits per heavy atom. The zero-order chi connectivity index (χ0) is 15.1. The van der Waals surface area contributed by atoms with Gasteiger partial charge in [0.15, 0.2) is 5.15 Å². The van der Waals surface area contributed by atoms with Crippen molar-refractivity contribution in [1.82, 2.24) is 10.3 Å². The lowest BCUT2D eigenvalue weighted by atomic mass is 10.1. The summed E-state index contributed by atoms with van der Waals surface area (Å²) < 4.78 is 5.26. The summed E-state index contributed by atoms with van der Waals surface area (Å²) >= 11 is 5.87. The van der Waals surface area contributed by atoms with E-state index in [0.717, 1.165) is 11.3 Å². The molecule has 2 rings (SSSR count). The number of para-hydroxylation sites is 1. The number of halogens is 1. The van der Waals surface area contributed by atoms with Crippen LogP contribution in [0.2, 0.25) is 5.15 Å². The first-order chi connectivity index (χ1) is 10.2. The molecular weight excluding hydrogens is 290 g/mol. The second-order valence-electron chi connectivity index (χ2n) is 4.28. The van der Waals surface area contributed by atoms with Gasteiger partial charge in [-0.25, -0.2) is 9.78 Å². The van der Waals surface area contributed by atoms with Crippen molar-refractivity contribution in [3.05, 3.63) is 53.3 Å². The summed E-state index contributed by atoms with van der Waals surface area (Å²) in [6.07, 6.45) is 2.24. The van der Waals surface area contributed by atoms with Crippen LogP contribution in [0, 0.1) is 0 Å². The maximum absolute atomic E-state index is 11.8. The van der Waals surface area contributed by atoms with Crippen LogP contribution in [0.5, 0.6) is 5.75 Å². The lowest BCUT2D eigenvalue weighted by Crippen LogP contribution is -2.30. The molecule has 2 amide bonds. The van der Waals surface area contributed by atoms with Gasteiger partial charge in [-0.2, -0.15) is 0 Å². The molecule has 1 aromatic carbocycles. The number of pyridine rings is 1. The first kappa shape index (κ1) is 15.1. The average molecular weight is 306 g/mol. The molecule has 0 aliphatic carbocycles. The second kappa shape index (κ2) is 7.50. The zero-order valence-corrected chi connectivity index (χ0v) is 12.4. The number of hydrogen-bond donors (Lipinski definition) is 2. The van der Waals surface area contributed by atoms with E-state index in [1.54, 1.807) is 25.4 Å². The van der Waals surface area contributed by atoms with Gasteiger partial charge in [-0.15, -0.1) is 0 Å². The third-order valence-corrected chi connectivity index (χ3v) is 3.18. The number of methoxy groups -OCH3 is 1. The van der Waals surface area contributed by atoms with Gasteiger partial charge in [0.05, 0.1) is 12.8 Å². The smallest absolute Gasteiger partial charge is 0.319 e. The summed E-state index contributed by atoms with van der Waals surface area (Å²) in [6.45, 7) is 0.490. The van der Waals surface area contributed by atoms with Crippen molar-refractivity contribution in [3.63, 3.8) is 0 Å². The summed E-state index contributed by atoms with van der Waals surface area (Å²) in [7, 11) is 1.63. The van der Waals surface area contributed by atoms with Crippen molar-refractivity contribution >= 4 is 23.3 Å². The summed E-state index contributed by atoms with van der Waals surface area (Å²) in [5.41, 5.74) is 1.52. The van der Waals surface area contributed by atoms with Gasteiger partial charge in [0.1, 0.15) is 5.75 Å². The summed E-state index contributed by atoms with van der Waals surface area (Å²) in [5, 5.41) is 5.68. The van der Waals surface area contributed by atoms with E-state index in [4.69, 9.17) is 16.3 Å². The number of amides is 2. The Morgan fingerprint density at radius 2 is 2.10 bits per heavy atom. The lowest BCUT2D eigenvalue weighted by Gasteiger charge is -2.10. The highest BCUT2D eigenvalue weighted by atomic mass is 35.5. The van der Waals surface area contributed by atoms with Crippen molar-refractivity contribution in [3.8, 4) is 5.75 Å². The highest BCUT2D eigenvalue weighted by Gasteiger charge is 2.06. The number of nitrogens with zero attached hydrogens (tertiary/aromatic N) is 1. The van der Waals surface area contributed by atoms with Crippen LogP contribution >= 0.6 is 11.6 Å². The average Bonchev–Trinajstić information content (AvgIpc) is 2.50. The summed E-state index contributed by atoms with van der Waals surface area (Å²) in [5.74, 6) is 0.815. The Balaban J connectivity index is 1.83. The van der Waals surface area contributed by atoms with Gasteiger partial charge in [0, 0.05) is 12.7 Å². The van der Waals surface area contributed by atoms with Crippen LogP contribution in [0.25, 0.3) is 0 Å². The molecule has 0 aliphatic rings. The third-order valence-electron chi connectivity index (χ3n) is 2.88. The monoisotopic (exact) mass is 305 g/mol. The van der Waals surface area contributed by atoms with Gasteiger partial charge < -0.3 is 15.4 Å². The molecule has 0 spiro atoms. The van der Waals surface area contributed by atoms with Gasteiger partial charge in [0.25, 0.3) is 0 Å². The number of rotatable bonds is 5. The second-order valence-corrected chi connectivity index (χ2v) is 4.64. The molecule has 1 aromatic heterocycles. The maximum Gasteiger partial charge on any atom is 0.319 e. The molecule has 2 N–H and O–H groups in total. The fourth-order valence-corrected chi connectivity index (χ4v) is 2.03. The molecular formula is C15H16ClN3O2. The molecule has 1 heterocycles. The van der Waals surface area contributed by atoms with Crippen LogP contribution < -0.4 is 15.4 Å². The number of anilines is 1. The van der Waals surface area contributed by atoms with Gasteiger partial charge >= 0.3 is 6.03 Å². The van der Waals surface area contributed by atoms with E-state index in [0.29, 0.717) is 18.7 Å². The Hall–Kier alpha value is -2.27. The van der Waals surface area contributed by atoms with Crippen LogP contribution in [0.3, 0.4) is 0 Å². The molecule has 0 radical (unpaired) electrons. The minimum atomic E-state index is -0.320. The number of benzene rings is 1. The van der Waals surface area contributed by atoms with E-state index >= 15 is 0 Å². The number of aromatic nitrogens is 1. The molecule has 0 aliphatic heterocycles. The summed E-state index contributed by atoms with van der Waals surface area (Å²) in [4.78, 5) is 15.7. The van der Waals surface area contributed by atoms with Crippen molar-refractivity contribution in [2.24, 2.45) is 0 Å². The molecule has 0 bridgehead atoms. The Kier molecular flexibility index (Phi) is 5.40. The van der Waals surface area contributed by atoms with Crippen molar-refractivity contribution in [1.29, 1.82) is 0 Å². The summed E-state index contributed by atoms with van der Waals surface area (Å²) in [6, 6.07) is 10.8. The molecule has 0 saturated carbocycles. The predicted octanol–water partition coefficient (Wildman–Crippen LogP) is 3.11. The van der Waals surface area contributed by atoms with E-state index < -0.39 is 0 Å². The van der Waals surface area contributed by atoms with Crippen molar-refractivity contribution in [2.45, 2.75) is 6.42 Å². The molecule has 6 heteroatoms. The molecule has 2 aromatic rings. The maximum atomic E-state index is 11.8. The molecule has 110 valence electrons. The van der Waals surface area contributed by atoms with E-state index in [9.17, 15) is 4.79 Å². The molecule has 0 fully saturated rings. The standard InChI is InChI=1S/C15H16ClN3O2/c1-21-13-7-3-2-5-11(13)8-10-18-15(20)19-12-6-4-9-17-14(12)16/h2-7,9H,8,10H2,1H3,(H2,18,19,20). The number of carbonyl (C=O) groups is 1. The number of carbonyl (C=O) groups excluding carboxylic acids is 1. The first-order valence-electron chi connectivity index (χ1n) is 6.48. The van der Waals surface area contributed by atoms with E-state index in [2.05, 4.69) is 15.6 Å². The Morgan fingerprint density at radius 1 is 1.29 bits per heavy atom. The van der Waals surface area contributed by atoms with Gasteiger partial charge in [0.2, 0.25) is 0 Å². The fourth-order valence-electron chi connectivity index (χ4n) is 1.87. The van der Waals surface area contributed by atoms with Crippen LogP contribution in [-0.2, 0) is 6.42 Å². The van der Waals surface area contributed by atoms with Crippen LogP contribution in [0.15, 0.2) is 42.6 Å². The lowest BCUT2D eigenvalue weighted by molar-refractivity contribution is 0.252. The highest BCUT2D eigenvalue weighted by molar-refractivity contribution is 6.32. The molecule has 0 atom stereocenters. The van der Waals surface area contributed by atoms with Gasteiger partial charge in [-0.05, 0) is 30.2 Å². The van der Waals surface area contributed by atoms with Crippen molar-refractivity contribution in [2.75, 3.05) is 19.0 Å². The van der Waals surface area contributed by atoms with Gasteiger partial charge in [-0.3, -0.25) is 0 Å². The van der Waals surface area contributed by atoms with E-state index in [-0.39, 0.29) is 11.2 Å². The zero-order valence-electron chi connectivity index (χ0n) is 11.6. The van der Waals surface area contributed by atoms with Crippen LogP contribution in [0.4, 0.5) is 10.5 Å². The minimum Gasteiger partial charge on any atom is -0.496 e. The van der Waals surface area contributed by atoms with Crippen molar-refractivity contribution < 1.29 is 9.53 Å². The largest absolute Gasteiger partial charge is 0.496 e. The number of ether oxygens (including phenoxy) is 1.